The molecule has 1 aliphatic heterocycles. The average molecular weight is 349 g/mol. The topological polar surface area (TPSA) is 90.9 Å². The molecule has 3 atom stereocenters. The first-order valence-corrected chi connectivity index (χ1v) is 6.61. The lowest BCUT2D eigenvalue weighted by molar-refractivity contribution is -0.174. The Hall–Kier alpha value is -0.920. The van der Waals surface area contributed by atoms with Gasteiger partial charge in [0, 0.05) is 6.92 Å². The van der Waals surface area contributed by atoms with E-state index < -0.39 is 46.7 Å². The van der Waals surface area contributed by atoms with Crippen molar-refractivity contribution < 1.29 is 28.6 Å². The smallest absolute Gasteiger partial charge is 0.441 e. The van der Waals surface area contributed by atoms with E-state index in [4.69, 9.17) is 44.3 Å². The van der Waals surface area contributed by atoms with Crippen LogP contribution in [0.2, 0.25) is 0 Å². The highest BCUT2D eigenvalue weighted by Gasteiger charge is 2.47. The quantitative estimate of drug-likeness (QED) is 0.471. The Bertz CT molecular complexity index is 410. The number of amides is 1. The molecule has 1 aliphatic rings. The third-order valence-corrected chi connectivity index (χ3v) is 2.68. The SMILES string of the molecule is CC(=O)O[C@H]1NC(=O)[C@@H]1C(C)OC(=O)OCC(Cl)(Cl)Cl. The summed E-state index contributed by atoms with van der Waals surface area (Å²) in [5, 5.41) is 2.36. The van der Waals surface area contributed by atoms with Gasteiger partial charge in [-0.3, -0.25) is 9.59 Å². The van der Waals surface area contributed by atoms with E-state index in [2.05, 4.69) is 10.1 Å². The summed E-state index contributed by atoms with van der Waals surface area (Å²) in [6.07, 6.45) is -2.79. The van der Waals surface area contributed by atoms with Crippen molar-refractivity contribution in [2.75, 3.05) is 6.61 Å². The second kappa shape index (κ2) is 6.69. The highest BCUT2D eigenvalue weighted by molar-refractivity contribution is 6.67. The maximum atomic E-state index is 11.4. The van der Waals surface area contributed by atoms with Gasteiger partial charge in [0.25, 0.3) is 0 Å². The molecular weight excluding hydrogens is 336 g/mol. The number of rotatable bonds is 4. The summed E-state index contributed by atoms with van der Waals surface area (Å²) >= 11 is 16.2. The van der Waals surface area contributed by atoms with Crippen LogP contribution in [0.25, 0.3) is 0 Å². The molecule has 0 spiro atoms. The predicted octanol–water partition coefficient (Wildman–Crippen LogP) is 1.53. The number of halogens is 3. The van der Waals surface area contributed by atoms with Gasteiger partial charge in [-0.15, -0.1) is 0 Å². The van der Waals surface area contributed by atoms with Crippen molar-refractivity contribution >= 4 is 52.8 Å². The number of carbonyl (C=O) groups is 3. The molecule has 1 rings (SSSR count). The summed E-state index contributed by atoms with van der Waals surface area (Å²) in [5.41, 5.74) is 0. The van der Waals surface area contributed by atoms with Gasteiger partial charge in [0.2, 0.25) is 9.70 Å². The van der Waals surface area contributed by atoms with E-state index in [1.54, 1.807) is 0 Å². The largest absolute Gasteiger partial charge is 0.508 e. The molecule has 1 unspecified atom stereocenters. The van der Waals surface area contributed by atoms with Crippen LogP contribution in [-0.2, 0) is 23.8 Å². The number of hydrogen-bond acceptors (Lipinski definition) is 6. The molecule has 7 nitrogen and oxygen atoms in total. The first-order chi connectivity index (χ1) is 9.10. The summed E-state index contributed by atoms with van der Waals surface area (Å²) in [5.74, 6) is -1.77. The molecule has 10 heteroatoms. The predicted molar refractivity (Wildman–Crippen MR) is 69.4 cm³/mol. The zero-order valence-corrected chi connectivity index (χ0v) is 12.8. The van der Waals surface area contributed by atoms with Crippen LogP contribution in [0.4, 0.5) is 4.79 Å². The van der Waals surface area contributed by atoms with Gasteiger partial charge in [-0.1, -0.05) is 34.8 Å². The molecule has 20 heavy (non-hydrogen) atoms. The highest BCUT2D eigenvalue weighted by Crippen LogP contribution is 2.27. The van der Waals surface area contributed by atoms with Crippen molar-refractivity contribution in [1.29, 1.82) is 0 Å². The number of alkyl halides is 3. The van der Waals surface area contributed by atoms with Crippen LogP contribution in [0.5, 0.6) is 0 Å². The minimum absolute atomic E-state index is 0.405. The lowest BCUT2D eigenvalue weighted by atomic mass is 9.93. The van der Waals surface area contributed by atoms with Crippen LogP contribution in [0.1, 0.15) is 13.8 Å². The second-order valence-corrected chi connectivity index (χ2v) is 6.56. The van der Waals surface area contributed by atoms with Crippen LogP contribution in [0.15, 0.2) is 0 Å². The first-order valence-electron chi connectivity index (χ1n) is 5.48. The van der Waals surface area contributed by atoms with E-state index in [1.807, 2.05) is 0 Å². The van der Waals surface area contributed by atoms with Crippen molar-refractivity contribution in [3.63, 3.8) is 0 Å². The molecule has 1 N–H and O–H groups in total. The minimum atomic E-state index is -1.75. The Morgan fingerprint density at radius 2 is 2.00 bits per heavy atom. The van der Waals surface area contributed by atoms with E-state index in [-0.39, 0.29) is 0 Å². The summed E-state index contributed by atoms with van der Waals surface area (Å²) in [4.78, 5) is 33.5. The van der Waals surface area contributed by atoms with E-state index in [0.717, 1.165) is 0 Å². The highest BCUT2D eigenvalue weighted by atomic mass is 35.6. The van der Waals surface area contributed by atoms with E-state index in [1.165, 1.54) is 13.8 Å². The zero-order valence-electron chi connectivity index (χ0n) is 10.5. The fourth-order valence-electron chi connectivity index (χ4n) is 1.51. The number of β-lactam (4-membered cyclic amide) rings is 1. The Balaban J connectivity index is 2.44. The first kappa shape index (κ1) is 17.1. The molecule has 0 aliphatic carbocycles. The van der Waals surface area contributed by atoms with Crippen LogP contribution < -0.4 is 5.32 Å². The monoisotopic (exact) mass is 347 g/mol. The maximum Gasteiger partial charge on any atom is 0.508 e. The Kier molecular flexibility index (Phi) is 5.73. The maximum absolute atomic E-state index is 11.4. The molecule has 0 saturated carbocycles. The number of esters is 1. The van der Waals surface area contributed by atoms with Gasteiger partial charge in [-0.25, -0.2) is 4.79 Å². The van der Waals surface area contributed by atoms with Crippen molar-refractivity contribution in [3.8, 4) is 0 Å². The molecule has 0 radical (unpaired) electrons. The zero-order chi connectivity index (χ0) is 15.5. The van der Waals surface area contributed by atoms with Crippen molar-refractivity contribution in [2.45, 2.75) is 30.0 Å². The summed E-state index contributed by atoms with van der Waals surface area (Å²) in [6.45, 7) is 2.16. The third kappa shape index (κ3) is 5.22. The minimum Gasteiger partial charge on any atom is -0.441 e. The third-order valence-electron chi connectivity index (χ3n) is 2.35. The summed E-state index contributed by atoms with van der Waals surface area (Å²) in [6, 6.07) is 0. The number of ether oxygens (including phenoxy) is 3. The molecule has 1 fully saturated rings. The molecule has 0 aromatic rings. The fraction of sp³-hybridized carbons (Fsp3) is 0.700. The van der Waals surface area contributed by atoms with Gasteiger partial charge in [-0.2, -0.15) is 0 Å². The molecule has 0 aromatic carbocycles. The lowest BCUT2D eigenvalue weighted by Crippen LogP contribution is -2.63. The molecule has 0 aromatic heterocycles. The standard InChI is InChI=1S/C10H12Cl3NO6/c1-4(19-9(17)18-3-10(11,12)13)6-7(16)14-8(6)20-5(2)15/h4,6,8H,3H2,1-2H3,(H,14,16)/t4?,6-,8+/m0/s1. The number of nitrogens with one attached hydrogen (secondary N) is 1. The summed E-state index contributed by atoms with van der Waals surface area (Å²) < 4.78 is 12.5. The Labute approximate surface area is 129 Å². The summed E-state index contributed by atoms with van der Waals surface area (Å²) in [7, 11) is 0. The molecule has 0 bridgehead atoms. The van der Waals surface area contributed by atoms with Gasteiger partial charge >= 0.3 is 12.1 Å². The molecule has 1 saturated heterocycles. The van der Waals surface area contributed by atoms with Crippen LogP contribution >= 0.6 is 34.8 Å². The number of carbonyl (C=O) groups excluding carboxylic acids is 3. The van der Waals surface area contributed by atoms with Crippen molar-refractivity contribution in [3.05, 3.63) is 0 Å². The van der Waals surface area contributed by atoms with Gasteiger partial charge in [0.15, 0.2) is 6.23 Å². The van der Waals surface area contributed by atoms with Crippen molar-refractivity contribution in [2.24, 2.45) is 5.92 Å². The normalized spacial score (nSPS) is 23.1. The Morgan fingerprint density at radius 1 is 1.40 bits per heavy atom. The van der Waals surface area contributed by atoms with E-state index in [9.17, 15) is 14.4 Å². The van der Waals surface area contributed by atoms with Crippen LogP contribution in [0.3, 0.4) is 0 Å². The molecular formula is C10H12Cl3NO6. The van der Waals surface area contributed by atoms with Crippen molar-refractivity contribution in [1.82, 2.24) is 5.32 Å². The van der Waals surface area contributed by atoms with Gasteiger partial charge < -0.3 is 19.5 Å². The van der Waals surface area contributed by atoms with E-state index in [0.29, 0.717) is 0 Å². The molecule has 1 amide bonds. The van der Waals surface area contributed by atoms with Gasteiger partial charge in [0.1, 0.15) is 18.6 Å². The second-order valence-electron chi connectivity index (χ2n) is 4.04. The lowest BCUT2D eigenvalue weighted by Gasteiger charge is -2.38. The molecule has 1 heterocycles. The van der Waals surface area contributed by atoms with E-state index >= 15 is 0 Å². The Morgan fingerprint density at radius 3 is 2.45 bits per heavy atom. The molecule has 114 valence electrons. The van der Waals surface area contributed by atoms with Crippen LogP contribution in [0, 0.1) is 5.92 Å². The number of hydrogen-bond donors (Lipinski definition) is 1. The average Bonchev–Trinajstić information content (AvgIpc) is 2.23. The fourth-order valence-corrected chi connectivity index (χ4v) is 1.67. The van der Waals surface area contributed by atoms with Gasteiger partial charge in [0.05, 0.1) is 0 Å². The van der Waals surface area contributed by atoms with Crippen LogP contribution in [-0.4, -0.2) is 40.8 Å². The van der Waals surface area contributed by atoms with Gasteiger partial charge in [-0.05, 0) is 6.92 Å².